The average molecular weight is 276 g/mol. The quantitative estimate of drug-likeness (QED) is 0.894. The van der Waals surface area contributed by atoms with Crippen LogP contribution in [-0.2, 0) is 6.42 Å². The highest BCUT2D eigenvalue weighted by molar-refractivity contribution is 7.10. The molecule has 2 aromatic rings. The monoisotopic (exact) mass is 276 g/mol. The summed E-state index contributed by atoms with van der Waals surface area (Å²) in [5, 5.41) is 3.40. The summed E-state index contributed by atoms with van der Waals surface area (Å²) in [5.74, 6) is 0.524. The number of carbonyl (C=O) groups is 1. The minimum absolute atomic E-state index is 0.489. The summed E-state index contributed by atoms with van der Waals surface area (Å²) in [6.07, 6.45) is 2.70. The van der Waals surface area contributed by atoms with E-state index in [1.807, 2.05) is 24.3 Å². The molecule has 0 fully saturated rings. The van der Waals surface area contributed by atoms with Gasteiger partial charge in [0.2, 0.25) is 0 Å². The highest BCUT2D eigenvalue weighted by Gasteiger charge is 2.08. The zero-order valence-corrected chi connectivity index (χ0v) is 11.6. The molecule has 5 heteroatoms. The number of hydrogen-bond acceptors (Lipinski definition) is 4. The van der Waals surface area contributed by atoms with E-state index in [0.29, 0.717) is 10.8 Å². The summed E-state index contributed by atoms with van der Waals surface area (Å²) in [6.45, 7) is 2.14. The van der Waals surface area contributed by atoms with Crippen LogP contribution in [0.1, 0.15) is 25.5 Å². The lowest BCUT2D eigenvalue weighted by Gasteiger charge is -2.03. The topological polar surface area (TPSA) is 51.2 Å². The fourth-order valence-electron chi connectivity index (χ4n) is 1.57. The average Bonchev–Trinajstić information content (AvgIpc) is 2.85. The summed E-state index contributed by atoms with van der Waals surface area (Å²) in [4.78, 5) is 11.7. The van der Waals surface area contributed by atoms with Gasteiger partial charge in [0, 0.05) is 0 Å². The largest absolute Gasteiger partial charge is 0.417 e. The smallest absolute Gasteiger partial charge is 0.410 e. The van der Waals surface area contributed by atoms with Crippen LogP contribution in [0.25, 0.3) is 0 Å². The molecule has 2 rings (SSSR count). The first-order valence-corrected chi connectivity index (χ1v) is 7.04. The number of aryl methyl sites for hydroxylation is 1. The highest BCUT2D eigenvalue weighted by atomic mass is 32.1. The van der Waals surface area contributed by atoms with Crippen molar-refractivity contribution in [2.45, 2.75) is 26.2 Å². The van der Waals surface area contributed by atoms with Gasteiger partial charge in [-0.05, 0) is 42.6 Å². The second-order valence-corrected chi connectivity index (χ2v) is 4.92. The number of carbonyl (C=O) groups excluding carboxylic acids is 1. The normalized spacial score (nSPS) is 10.2. The Kier molecular flexibility index (Phi) is 4.92. The molecule has 0 aliphatic heterocycles. The molecule has 1 aromatic heterocycles. The number of nitrogens with one attached hydrogen (secondary N) is 1. The van der Waals surface area contributed by atoms with Gasteiger partial charge >= 0.3 is 6.09 Å². The molecule has 1 N–H and O–H groups in total. The van der Waals surface area contributed by atoms with Gasteiger partial charge in [-0.2, -0.15) is 4.37 Å². The number of ether oxygens (including phenoxy) is 1. The van der Waals surface area contributed by atoms with Crippen molar-refractivity contribution in [1.82, 2.24) is 4.37 Å². The van der Waals surface area contributed by atoms with E-state index in [1.54, 1.807) is 12.1 Å². The van der Waals surface area contributed by atoms with Gasteiger partial charge in [-0.15, -0.1) is 0 Å². The number of rotatable bonds is 5. The van der Waals surface area contributed by atoms with Gasteiger partial charge in [-0.1, -0.05) is 31.5 Å². The maximum absolute atomic E-state index is 11.7. The van der Waals surface area contributed by atoms with Crippen molar-refractivity contribution in [3.63, 3.8) is 0 Å². The van der Waals surface area contributed by atoms with Gasteiger partial charge < -0.3 is 4.74 Å². The Hall–Kier alpha value is -1.88. The lowest BCUT2D eigenvalue weighted by atomic mass is 10.2. The summed E-state index contributed by atoms with van der Waals surface area (Å²) in [6, 6.07) is 10.9. The molecule has 19 heavy (non-hydrogen) atoms. The summed E-state index contributed by atoms with van der Waals surface area (Å²) in [5.41, 5.74) is 1.02. The lowest BCUT2D eigenvalue weighted by molar-refractivity contribution is 0.215. The Morgan fingerprint density at radius 2 is 2.16 bits per heavy atom. The van der Waals surface area contributed by atoms with Crippen molar-refractivity contribution in [2.75, 3.05) is 5.32 Å². The van der Waals surface area contributed by atoms with Crippen molar-refractivity contribution in [2.24, 2.45) is 0 Å². The molecule has 1 heterocycles. The molecule has 0 aliphatic rings. The zero-order chi connectivity index (χ0) is 13.5. The standard InChI is InChI=1S/C14H16N2O2S/c1-2-3-7-11-10-13(19-16-11)15-14(17)18-12-8-5-4-6-9-12/h4-6,8-10H,2-3,7H2,1H3,(H,15,17). The van der Waals surface area contributed by atoms with E-state index in [9.17, 15) is 4.79 Å². The third-order valence-corrected chi connectivity index (χ3v) is 3.27. The van der Waals surface area contributed by atoms with Gasteiger partial charge in [-0.25, -0.2) is 4.79 Å². The van der Waals surface area contributed by atoms with Crippen molar-refractivity contribution in [1.29, 1.82) is 0 Å². The third-order valence-electron chi connectivity index (χ3n) is 2.52. The number of unbranched alkanes of at least 4 members (excludes halogenated alkanes) is 1. The molecule has 0 atom stereocenters. The second-order valence-electron chi connectivity index (χ2n) is 4.11. The van der Waals surface area contributed by atoms with Crippen molar-refractivity contribution >= 4 is 22.6 Å². The third kappa shape index (κ3) is 4.37. The summed E-state index contributed by atoms with van der Waals surface area (Å²) < 4.78 is 9.42. The molecule has 4 nitrogen and oxygen atoms in total. The Labute approximate surface area is 116 Å². The SMILES string of the molecule is CCCCc1cc(NC(=O)Oc2ccccc2)sn1. The van der Waals surface area contributed by atoms with Crippen LogP contribution < -0.4 is 10.1 Å². The number of anilines is 1. The van der Waals surface area contributed by atoms with Gasteiger partial charge in [-0.3, -0.25) is 5.32 Å². The van der Waals surface area contributed by atoms with Crippen LogP contribution in [0.2, 0.25) is 0 Å². The Morgan fingerprint density at radius 3 is 2.89 bits per heavy atom. The van der Waals surface area contributed by atoms with E-state index >= 15 is 0 Å². The van der Waals surface area contributed by atoms with Gasteiger partial charge in [0.1, 0.15) is 10.8 Å². The minimum atomic E-state index is -0.489. The van der Waals surface area contributed by atoms with Gasteiger partial charge in [0.05, 0.1) is 5.69 Å². The fraction of sp³-hybridized carbons (Fsp3) is 0.286. The van der Waals surface area contributed by atoms with Crippen LogP contribution in [0, 0.1) is 0 Å². The van der Waals surface area contributed by atoms with E-state index in [0.717, 1.165) is 25.0 Å². The van der Waals surface area contributed by atoms with Crippen molar-refractivity contribution in [3.8, 4) is 5.75 Å². The fourth-order valence-corrected chi connectivity index (χ4v) is 2.25. The predicted molar refractivity (Wildman–Crippen MR) is 76.8 cm³/mol. The number of nitrogens with zero attached hydrogens (tertiary/aromatic N) is 1. The first kappa shape index (κ1) is 13.5. The Morgan fingerprint density at radius 1 is 1.37 bits per heavy atom. The number of hydrogen-bond donors (Lipinski definition) is 1. The summed E-state index contributed by atoms with van der Waals surface area (Å²) >= 11 is 1.28. The van der Waals surface area contributed by atoms with Crippen LogP contribution in [0.15, 0.2) is 36.4 Å². The van der Waals surface area contributed by atoms with Crippen LogP contribution >= 0.6 is 11.5 Å². The van der Waals surface area contributed by atoms with E-state index in [2.05, 4.69) is 16.6 Å². The second kappa shape index (κ2) is 6.89. The number of para-hydroxylation sites is 1. The number of amides is 1. The maximum Gasteiger partial charge on any atom is 0.417 e. The predicted octanol–water partition coefficient (Wildman–Crippen LogP) is 4.10. The molecule has 0 saturated carbocycles. The van der Waals surface area contributed by atoms with Gasteiger partial charge in [0.15, 0.2) is 0 Å². The molecule has 0 saturated heterocycles. The molecule has 0 bridgehead atoms. The molecule has 100 valence electrons. The van der Waals surface area contributed by atoms with Crippen LogP contribution in [0.5, 0.6) is 5.75 Å². The van der Waals surface area contributed by atoms with Crippen LogP contribution in [-0.4, -0.2) is 10.5 Å². The van der Waals surface area contributed by atoms with Crippen LogP contribution in [0.3, 0.4) is 0 Å². The zero-order valence-electron chi connectivity index (χ0n) is 10.8. The minimum Gasteiger partial charge on any atom is -0.410 e. The first-order chi connectivity index (χ1) is 9.28. The maximum atomic E-state index is 11.7. The van der Waals surface area contributed by atoms with E-state index < -0.39 is 6.09 Å². The van der Waals surface area contributed by atoms with E-state index in [1.165, 1.54) is 11.5 Å². The van der Waals surface area contributed by atoms with E-state index in [-0.39, 0.29) is 0 Å². The summed E-state index contributed by atoms with van der Waals surface area (Å²) in [7, 11) is 0. The van der Waals surface area contributed by atoms with Gasteiger partial charge in [0.25, 0.3) is 0 Å². The Bertz CT molecular complexity index is 525. The van der Waals surface area contributed by atoms with Crippen molar-refractivity contribution < 1.29 is 9.53 Å². The molecular formula is C14H16N2O2S. The van der Waals surface area contributed by atoms with Crippen molar-refractivity contribution in [3.05, 3.63) is 42.1 Å². The Balaban J connectivity index is 1.86. The molecule has 1 amide bonds. The molecule has 0 spiro atoms. The van der Waals surface area contributed by atoms with Crippen LogP contribution in [0.4, 0.5) is 9.80 Å². The first-order valence-electron chi connectivity index (χ1n) is 6.27. The number of benzene rings is 1. The molecule has 1 aromatic carbocycles. The molecule has 0 unspecified atom stereocenters. The molecule has 0 radical (unpaired) electrons. The molecule has 0 aliphatic carbocycles. The molecular weight excluding hydrogens is 260 g/mol. The van der Waals surface area contributed by atoms with E-state index in [4.69, 9.17) is 4.74 Å². The lowest BCUT2D eigenvalue weighted by Crippen LogP contribution is -2.15. The highest BCUT2D eigenvalue weighted by Crippen LogP contribution is 2.18. The number of aromatic nitrogens is 1.